The Labute approximate surface area is 162 Å². The Morgan fingerprint density at radius 3 is 2.46 bits per heavy atom. The molecule has 0 fully saturated rings. The Bertz CT molecular complexity index is 1120. The fraction of sp³-hybridized carbons (Fsp3) is 0.182. The van der Waals surface area contributed by atoms with Crippen LogP contribution < -0.4 is 4.74 Å². The molecule has 0 atom stereocenters. The molecule has 140 valence electrons. The number of nitrogens with zero attached hydrogens (tertiary/aromatic N) is 4. The molecule has 0 aliphatic rings. The summed E-state index contributed by atoms with van der Waals surface area (Å²) < 4.78 is 7.18. The summed E-state index contributed by atoms with van der Waals surface area (Å²) in [7, 11) is 0. The average Bonchev–Trinajstić information content (AvgIpc) is 3.17. The van der Waals surface area contributed by atoms with Crippen molar-refractivity contribution in [2.75, 3.05) is 0 Å². The van der Waals surface area contributed by atoms with Crippen molar-refractivity contribution in [1.29, 1.82) is 0 Å². The van der Waals surface area contributed by atoms with Crippen LogP contribution in [0.2, 0.25) is 0 Å². The molecule has 4 rings (SSSR count). The summed E-state index contributed by atoms with van der Waals surface area (Å²) in [6.45, 7) is 3.88. The average molecular weight is 372 g/mol. The molecule has 2 heterocycles. The van der Waals surface area contributed by atoms with E-state index < -0.39 is 0 Å². The standard InChI is InChI=1S/C22H20N4O2/c1-15-20(16(2)26-22(25-15)23-14-24-26)12-13-21(27)28-19-10-8-18(9-11-19)17-6-4-3-5-7-17/h3-11,14H,12-13H2,1-2H3. The van der Waals surface area contributed by atoms with Crippen LogP contribution in [0, 0.1) is 13.8 Å². The second-order valence-electron chi connectivity index (χ2n) is 6.60. The third kappa shape index (κ3) is 3.62. The van der Waals surface area contributed by atoms with E-state index in [2.05, 4.69) is 15.1 Å². The van der Waals surface area contributed by atoms with E-state index in [-0.39, 0.29) is 12.4 Å². The number of aryl methyl sites for hydroxylation is 2. The summed E-state index contributed by atoms with van der Waals surface area (Å²) in [4.78, 5) is 20.8. The first kappa shape index (κ1) is 17.9. The summed E-state index contributed by atoms with van der Waals surface area (Å²) in [6.07, 6.45) is 2.29. The molecule has 2 aromatic carbocycles. The molecule has 0 unspecified atom stereocenters. The Morgan fingerprint density at radius 2 is 1.71 bits per heavy atom. The highest BCUT2D eigenvalue weighted by Crippen LogP contribution is 2.22. The number of hydrogen-bond donors (Lipinski definition) is 0. The second kappa shape index (κ2) is 7.60. The van der Waals surface area contributed by atoms with Gasteiger partial charge in [-0.25, -0.2) is 9.50 Å². The zero-order chi connectivity index (χ0) is 19.5. The molecule has 6 nitrogen and oxygen atoms in total. The number of aromatic nitrogens is 4. The third-order valence-corrected chi connectivity index (χ3v) is 4.76. The van der Waals surface area contributed by atoms with E-state index in [1.807, 2.05) is 68.4 Å². The topological polar surface area (TPSA) is 69.4 Å². The van der Waals surface area contributed by atoms with Crippen LogP contribution in [0.3, 0.4) is 0 Å². The summed E-state index contributed by atoms with van der Waals surface area (Å²) >= 11 is 0. The van der Waals surface area contributed by atoms with E-state index in [9.17, 15) is 4.79 Å². The van der Waals surface area contributed by atoms with Crippen molar-refractivity contribution < 1.29 is 9.53 Å². The lowest BCUT2D eigenvalue weighted by atomic mass is 10.1. The summed E-state index contributed by atoms with van der Waals surface area (Å²) in [5, 5.41) is 4.17. The highest BCUT2D eigenvalue weighted by Gasteiger charge is 2.13. The third-order valence-electron chi connectivity index (χ3n) is 4.76. The number of rotatable bonds is 5. The minimum Gasteiger partial charge on any atom is -0.427 e. The quantitative estimate of drug-likeness (QED) is 0.392. The molecule has 0 N–H and O–H groups in total. The van der Waals surface area contributed by atoms with Crippen LogP contribution in [-0.2, 0) is 11.2 Å². The molecular weight excluding hydrogens is 352 g/mol. The van der Waals surface area contributed by atoms with Gasteiger partial charge < -0.3 is 4.74 Å². The smallest absolute Gasteiger partial charge is 0.311 e. The van der Waals surface area contributed by atoms with Crippen molar-refractivity contribution in [2.45, 2.75) is 26.7 Å². The molecule has 0 aliphatic carbocycles. The molecule has 0 saturated heterocycles. The Morgan fingerprint density at radius 1 is 1.00 bits per heavy atom. The molecule has 0 spiro atoms. The second-order valence-corrected chi connectivity index (χ2v) is 6.60. The van der Waals surface area contributed by atoms with Gasteiger partial charge in [-0.3, -0.25) is 4.79 Å². The summed E-state index contributed by atoms with van der Waals surface area (Å²) in [5.74, 6) is 0.841. The lowest BCUT2D eigenvalue weighted by Gasteiger charge is -2.10. The number of fused-ring (bicyclic) bond motifs is 1. The van der Waals surface area contributed by atoms with Crippen LogP contribution >= 0.6 is 0 Å². The Balaban J connectivity index is 1.41. The molecular formula is C22H20N4O2. The predicted octanol–water partition coefficient (Wildman–Crippen LogP) is 3.95. The van der Waals surface area contributed by atoms with Crippen molar-refractivity contribution in [3.05, 3.63) is 77.9 Å². The molecule has 0 aliphatic heterocycles. The maximum Gasteiger partial charge on any atom is 0.311 e. The molecule has 0 saturated carbocycles. The normalized spacial score (nSPS) is 10.9. The molecule has 28 heavy (non-hydrogen) atoms. The Hall–Kier alpha value is -3.54. The number of carbonyl (C=O) groups excluding carboxylic acids is 1. The molecule has 4 aromatic rings. The van der Waals surface area contributed by atoms with Gasteiger partial charge in [0.1, 0.15) is 12.1 Å². The predicted molar refractivity (Wildman–Crippen MR) is 106 cm³/mol. The highest BCUT2D eigenvalue weighted by atomic mass is 16.5. The van der Waals surface area contributed by atoms with Crippen LogP contribution in [0.1, 0.15) is 23.4 Å². The van der Waals surface area contributed by atoms with Crippen molar-refractivity contribution in [3.8, 4) is 16.9 Å². The first-order valence-electron chi connectivity index (χ1n) is 9.14. The van der Waals surface area contributed by atoms with Crippen LogP contribution in [0.4, 0.5) is 0 Å². The fourth-order valence-corrected chi connectivity index (χ4v) is 3.27. The van der Waals surface area contributed by atoms with Crippen molar-refractivity contribution in [1.82, 2.24) is 19.6 Å². The van der Waals surface area contributed by atoms with Gasteiger partial charge in [0.25, 0.3) is 5.78 Å². The number of carbonyl (C=O) groups is 1. The van der Waals surface area contributed by atoms with Gasteiger partial charge in [0.05, 0.1) is 6.42 Å². The van der Waals surface area contributed by atoms with Gasteiger partial charge in [0.2, 0.25) is 0 Å². The van der Waals surface area contributed by atoms with E-state index >= 15 is 0 Å². The van der Waals surface area contributed by atoms with Gasteiger partial charge in [0.15, 0.2) is 0 Å². The monoisotopic (exact) mass is 372 g/mol. The van der Waals surface area contributed by atoms with Crippen molar-refractivity contribution in [3.63, 3.8) is 0 Å². The van der Waals surface area contributed by atoms with E-state index in [1.165, 1.54) is 6.33 Å². The number of benzene rings is 2. The largest absolute Gasteiger partial charge is 0.427 e. The van der Waals surface area contributed by atoms with E-state index in [0.29, 0.717) is 17.9 Å². The van der Waals surface area contributed by atoms with Crippen LogP contribution in [0.5, 0.6) is 5.75 Å². The fourth-order valence-electron chi connectivity index (χ4n) is 3.27. The van der Waals surface area contributed by atoms with Crippen molar-refractivity contribution in [2.24, 2.45) is 0 Å². The lowest BCUT2D eigenvalue weighted by Crippen LogP contribution is -2.12. The van der Waals surface area contributed by atoms with Gasteiger partial charge in [-0.1, -0.05) is 42.5 Å². The maximum atomic E-state index is 12.3. The lowest BCUT2D eigenvalue weighted by molar-refractivity contribution is -0.134. The minimum absolute atomic E-state index is 0.268. The first-order valence-corrected chi connectivity index (χ1v) is 9.14. The van der Waals surface area contributed by atoms with Gasteiger partial charge in [-0.15, -0.1) is 0 Å². The first-order chi connectivity index (χ1) is 13.6. The van der Waals surface area contributed by atoms with Crippen LogP contribution in [0.15, 0.2) is 60.9 Å². The summed E-state index contributed by atoms with van der Waals surface area (Å²) in [6, 6.07) is 17.6. The zero-order valence-electron chi connectivity index (χ0n) is 15.8. The minimum atomic E-state index is -0.273. The maximum absolute atomic E-state index is 12.3. The van der Waals surface area contributed by atoms with Crippen molar-refractivity contribution >= 4 is 11.7 Å². The van der Waals surface area contributed by atoms with Gasteiger partial charge in [-0.05, 0) is 49.1 Å². The van der Waals surface area contributed by atoms with Gasteiger partial charge in [0, 0.05) is 11.4 Å². The van der Waals surface area contributed by atoms with E-state index in [4.69, 9.17) is 4.74 Å². The molecule has 0 bridgehead atoms. The number of esters is 1. The molecule has 2 aromatic heterocycles. The van der Waals surface area contributed by atoms with E-state index in [0.717, 1.165) is 28.1 Å². The van der Waals surface area contributed by atoms with E-state index in [1.54, 1.807) is 4.52 Å². The molecule has 0 amide bonds. The number of ether oxygens (including phenoxy) is 1. The van der Waals surface area contributed by atoms with Gasteiger partial charge >= 0.3 is 5.97 Å². The van der Waals surface area contributed by atoms with Crippen LogP contribution in [-0.4, -0.2) is 25.6 Å². The van der Waals surface area contributed by atoms with Gasteiger partial charge in [-0.2, -0.15) is 10.1 Å². The SMILES string of the molecule is Cc1nc2ncnn2c(C)c1CCC(=O)Oc1ccc(-c2ccccc2)cc1. The number of hydrogen-bond acceptors (Lipinski definition) is 5. The zero-order valence-corrected chi connectivity index (χ0v) is 15.8. The molecule has 0 radical (unpaired) electrons. The summed E-state index contributed by atoms with van der Waals surface area (Å²) in [5.41, 5.74) is 5.01. The Kier molecular flexibility index (Phi) is 4.85. The molecule has 6 heteroatoms. The highest BCUT2D eigenvalue weighted by molar-refractivity contribution is 5.73. The van der Waals surface area contributed by atoms with Crippen LogP contribution in [0.25, 0.3) is 16.9 Å².